The van der Waals surface area contributed by atoms with E-state index in [1.807, 2.05) is 0 Å². The first kappa shape index (κ1) is 8.51. The van der Waals surface area contributed by atoms with Crippen LogP contribution in [0.25, 0.3) is 0 Å². The molecule has 0 aliphatic carbocycles. The van der Waals surface area contributed by atoms with Gasteiger partial charge in [-0.3, -0.25) is 0 Å². The second-order valence-electron chi connectivity index (χ2n) is 3.12. The van der Waals surface area contributed by atoms with Gasteiger partial charge in [0.05, 0.1) is 12.0 Å². The molecule has 1 heterocycles. The molecule has 0 radical (unpaired) electrons. The molecule has 0 aromatic rings. The molecular weight excluding hydrogens is 138 g/mol. The lowest BCUT2D eigenvalue weighted by Gasteiger charge is -2.22. The standard InChI is InChI=1S/C8H15N3/c1-11-4-2-8(6-9)7-10-3-5-11/h8,10H,2-5,7H2,1H3. The highest BCUT2D eigenvalue weighted by Crippen LogP contribution is 2.03. The molecule has 1 unspecified atom stereocenters. The van der Waals surface area contributed by atoms with Gasteiger partial charge in [0.15, 0.2) is 0 Å². The summed E-state index contributed by atoms with van der Waals surface area (Å²) >= 11 is 0. The fraction of sp³-hybridized carbons (Fsp3) is 0.875. The summed E-state index contributed by atoms with van der Waals surface area (Å²) in [4.78, 5) is 2.26. The molecule has 1 saturated heterocycles. The van der Waals surface area contributed by atoms with Crippen molar-refractivity contribution in [3.8, 4) is 6.07 Å². The van der Waals surface area contributed by atoms with Gasteiger partial charge in [-0.05, 0) is 20.0 Å². The predicted molar refractivity (Wildman–Crippen MR) is 44.1 cm³/mol. The Hall–Kier alpha value is -0.590. The Morgan fingerprint density at radius 2 is 2.36 bits per heavy atom. The van der Waals surface area contributed by atoms with Crippen LogP contribution in [0.5, 0.6) is 0 Å². The van der Waals surface area contributed by atoms with Crippen molar-refractivity contribution in [3.63, 3.8) is 0 Å². The molecule has 3 nitrogen and oxygen atoms in total. The molecule has 0 spiro atoms. The second-order valence-corrected chi connectivity index (χ2v) is 3.12. The van der Waals surface area contributed by atoms with Crippen molar-refractivity contribution in [2.45, 2.75) is 6.42 Å². The van der Waals surface area contributed by atoms with Crippen LogP contribution in [-0.4, -0.2) is 38.1 Å². The zero-order valence-corrected chi connectivity index (χ0v) is 7.01. The highest BCUT2D eigenvalue weighted by Gasteiger charge is 2.11. The second kappa shape index (κ2) is 4.32. The lowest BCUT2D eigenvalue weighted by molar-refractivity contribution is 0.287. The lowest BCUT2D eigenvalue weighted by Crippen LogP contribution is -2.36. The molecule has 1 aliphatic rings. The van der Waals surface area contributed by atoms with Crippen LogP contribution < -0.4 is 5.32 Å². The van der Waals surface area contributed by atoms with E-state index < -0.39 is 0 Å². The van der Waals surface area contributed by atoms with Crippen molar-refractivity contribution in [3.05, 3.63) is 0 Å². The minimum absolute atomic E-state index is 0.206. The normalized spacial score (nSPS) is 28.5. The molecule has 3 heteroatoms. The summed E-state index contributed by atoms with van der Waals surface area (Å²) in [7, 11) is 2.10. The Morgan fingerprint density at radius 1 is 1.55 bits per heavy atom. The predicted octanol–water partition coefficient (Wildman–Crippen LogP) is 0.0513. The van der Waals surface area contributed by atoms with E-state index in [0.29, 0.717) is 0 Å². The Balaban J connectivity index is 2.33. The number of nitriles is 1. The topological polar surface area (TPSA) is 39.1 Å². The van der Waals surface area contributed by atoms with E-state index in [1.54, 1.807) is 0 Å². The summed E-state index contributed by atoms with van der Waals surface area (Å²) in [6, 6.07) is 2.30. The first-order valence-corrected chi connectivity index (χ1v) is 4.12. The summed E-state index contributed by atoms with van der Waals surface area (Å²) in [6.07, 6.45) is 1.00. The summed E-state index contributed by atoms with van der Waals surface area (Å²) in [5, 5.41) is 11.9. The quantitative estimate of drug-likeness (QED) is 0.534. The van der Waals surface area contributed by atoms with Gasteiger partial charge in [-0.1, -0.05) is 0 Å². The van der Waals surface area contributed by atoms with Crippen molar-refractivity contribution in [1.82, 2.24) is 10.2 Å². The van der Waals surface area contributed by atoms with Crippen LogP contribution in [0.4, 0.5) is 0 Å². The van der Waals surface area contributed by atoms with Crippen LogP contribution in [0.15, 0.2) is 0 Å². The molecule has 0 amide bonds. The Labute approximate surface area is 68.0 Å². The van der Waals surface area contributed by atoms with Crippen LogP contribution in [0.2, 0.25) is 0 Å². The largest absolute Gasteiger partial charge is 0.314 e. The third-order valence-electron chi connectivity index (χ3n) is 2.10. The summed E-state index contributed by atoms with van der Waals surface area (Å²) in [6.45, 7) is 4.02. The fourth-order valence-electron chi connectivity index (χ4n) is 1.25. The van der Waals surface area contributed by atoms with E-state index in [9.17, 15) is 0 Å². The minimum Gasteiger partial charge on any atom is -0.314 e. The molecule has 62 valence electrons. The number of likely N-dealkylation sites (N-methyl/N-ethyl adjacent to an activating group) is 1. The maximum Gasteiger partial charge on any atom is 0.0669 e. The minimum atomic E-state index is 0.206. The fourth-order valence-corrected chi connectivity index (χ4v) is 1.25. The van der Waals surface area contributed by atoms with E-state index in [4.69, 9.17) is 5.26 Å². The van der Waals surface area contributed by atoms with Crippen LogP contribution in [-0.2, 0) is 0 Å². The van der Waals surface area contributed by atoms with E-state index in [2.05, 4.69) is 23.3 Å². The van der Waals surface area contributed by atoms with Crippen molar-refractivity contribution >= 4 is 0 Å². The van der Waals surface area contributed by atoms with Gasteiger partial charge < -0.3 is 10.2 Å². The van der Waals surface area contributed by atoms with Crippen LogP contribution in [0.3, 0.4) is 0 Å². The van der Waals surface area contributed by atoms with Crippen LogP contribution >= 0.6 is 0 Å². The van der Waals surface area contributed by atoms with Crippen LogP contribution in [0.1, 0.15) is 6.42 Å². The van der Waals surface area contributed by atoms with Gasteiger partial charge in [-0.2, -0.15) is 5.26 Å². The molecule has 0 aromatic heterocycles. The Bertz CT molecular complexity index is 150. The molecule has 1 fully saturated rings. The van der Waals surface area contributed by atoms with Crippen molar-refractivity contribution in [2.24, 2.45) is 5.92 Å². The van der Waals surface area contributed by atoms with Gasteiger partial charge in [0.2, 0.25) is 0 Å². The molecule has 1 aliphatic heterocycles. The monoisotopic (exact) mass is 153 g/mol. The lowest BCUT2D eigenvalue weighted by atomic mass is 10.1. The summed E-state index contributed by atoms with van der Waals surface area (Å²) < 4.78 is 0. The maximum absolute atomic E-state index is 8.69. The van der Waals surface area contributed by atoms with E-state index in [-0.39, 0.29) is 5.92 Å². The molecule has 1 N–H and O–H groups in total. The smallest absolute Gasteiger partial charge is 0.0669 e. The third-order valence-corrected chi connectivity index (χ3v) is 2.10. The number of rotatable bonds is 0. The molecular formula is C8H15N3. The van der Waals surface area contributed by atoms with Gasteiger partial charge in [0.1, 0.15) is 0 Å². The van der Waals surface area contributed by atoms with E-state index in [1.165, 1.54) is 0 Å². The zero-order chi connectivity index (χ0) is 8.10. The molecule has 1 rings (SSSR count). The van der Waals surface area contributed by atoms with Gasteiger partial charge in [0.25, 0.3) is 0 Å². The number of nitrogens with one attached hydrogen (secondary N) is 1. The van der Waals surface area contributed by atoms with Crippen molar-refractivity contribution < 1.29 is 0 Å². The first-order valence-electron chi connectivity index (χ1n) is 4.12. The van der Waals surface area contributed by atoms with E-state index in [0.717, 1.165) is 32.6 Å². The number of hydrogen-bond donors (Lipinski definition) is 1. The molecule has 0 bridgehead atoms. The third kappa shape index (κ3) is 2.87. The highest BCUT2D eigenvalue weighted by atomic mass is 15.1. The number of nitrogens with zero attached hydrogens (tertiary/aromatic N) is 2. The number of hydrogen-bond acceptors (Lipinski definition) is 3. The summed E-state index contributed by atoms with van der Waals surface area (Å²) in [5.41, 5.74) is 0. The maximum atomic E-state index is 8.69. The first-order chi connectivity index (χ1) is 5.33. The molecule has 1 atom stereocenters. The molecule has 0 aromatic carbocycles. The average molecular weight is 153 g/mol. The van der Waals surface area contributed by atoms with E-state index >= 15 is 0 Å². The van der Waals surface area contributed by atoms with Gasteiger partial charge in [0, 0.05) is 19.6 Å². The molecule has 0 saturated carbocycles. The van der Waals surface area contributed by atoms with Crippen molar-refractivity contribution in [2.75, 3.05) is 33.2 Å². The van der Waals surface area contributed by atoms with Gasteiger partial charge in [-0.25, -0.2) is 0 Å². The van der Waals surface area contributed by atoms with Crippen LogP contribution in [0, 0.1) is 17.2 Å². The Morgan fingerprint density at radius 3 is 3.09 bits per heavy atom. The zero-order valence-electron chi connectivity index (χ0n) is 7.01. The Kier molecular flexibility index (Phi) is 3.34. The molecule has 11 heavy (non-hydrogen) atoms. The SMILES string of the molecule is CN1CCNCC(C#N)CC1. The van der Waals surface area contributed by atoms with Gasteiger partial charge >= 0.3 is 0 Å². The van der Waals surface area contributed by atoms with Crippen molar-refractivity contribution in [1.29, 1.82) is 5.26 Å². The van der Waals surface area contributed by atoms with Gasteiger partial charge in [-0.15, -0.1) is 0 Å². The average Bonchev–Trinajstić information content (AvgIpc) is 1.98. The summed E-state index contributed by atoms with van der Waals surface area (Å²) in [5.74, 6) is 0.206. The highest BCUT2D eigenvalue weighted by molar-refractivity contribution is 4.86.